The molecule has 0 bridgehead atoms. The van der Waals surface area contributed by atoms with Crippen LogP contribution in [0.2, 0.25) is 0 Å². The van der Waals surface area contributed by atoms with E-state index in [0.717, 1.165) is 0 Å². The predicted octanol–water partition coefficient (Wildman–Crippen LogP) is -2.67. The molecule has 0 aromatic heterocycles. The summed E-state index contributed by atoms with van der Waals surface area (Å²) in [6.45, 7) is 0. The standard InChI is InChI=1S/C5H10N2O3/c6-3(5(9)10)1-2-4(7)8/h3H,1-2,6H2,(H2,7,8)(H,9,10)/p-1. The average molecular weight is 145 g/mol. The quantitative estimate of drug-likeness (QED) is 0.449. The van der Waals surface area contributed by atoms with Crippen molar-refractivity contribution in [1.82, 2.24) is 0 Å². The molecule has 0 aliphatic rings. The van der Waals surface area contributed by atoms with E-state index in [0.29, 0.717) is 0 Å². The van der Waals surface area contributed by atoms with Gasteiger partial charge in [0.05, 0.1) is 5.97 Å². The number of hydrogen-bond acceptors (Lipinski definition) is 4. The van der Waals surface area contributed by atoms with Crippen LogP contribution in [0, 0.1) is 0 Å². The Kier molecular flexibility index (Phi) is 3.42. The first kappa shape index (κ1) is 8.90. The van der Waals surface area contributed by atoms with Gasteiger partial charge < -0.3 is 21.4 Å². The van der Waals surface area contributed by atoms with E-state index < -0.39 is 17.9 Å². The summed E-state index contributed by atoms with van der Waals surface area (Å²) in [5.41, 5.74) is 9.73. The van der Waals surface area contributed by atoms with E-state index >= 15 is 0 Å². The second-order valence-corrected chi connectivity index (χ2v) is 1.93. The van der Waals surface area contributed by atoms with Crippen LogP contribution in [0.25, 0.3) is 0 Å². The third-order valence-electron chi connectivity index (χ3n) is 1.00. The molecule has 1 amide bonds. The van der Waals surface area contributed by atoms with Crippen LogP contribution in [0.4, 0.5) is 0 Å². The molecule has 5 heteroatoms. The Balaban J connectivity index is 3.49. The number of primary amides is 1. The van der Waals surface area contributed by atoms with Gasteiger partial charge in [-0.2, -0.15) is 0 Å². The zero-order valence-corrected chi connectivity index (χ0v) is 5.37. The van der Waals surface area contributed by atoms with Crippen molar-refractivity contribution >= 4 is 11.9 Å². The van der Waals surface area contributed by atoms with E-state index in [1.165, 1.54) is 0 Å². The summed E-state index contributed by atoms with van der Waals surface area (Å²) in [4.78, 5) is 20.0. The summed E-state index contributed by atoms with van der Waals surface area (Å²) < 4.78 is 0. The minimum Gasteiger partial charge on any atom is -0.548 e. The monoisotopic (exact) mass is 145 g/mol. The Morgan fingerprint density at radius 1 is 1.50 bits per heavy atom. The molecule has 0 aliphatic heterocycles. The van der Waals surface area contributed by atoms with Gasteiger partial charge in [0.15, 0.2) is 0 Å². The van der Waals surface area contributed by atoms with Gasteiger partial charge in [-0.3, -0.25) is 4.79 Å². The lowest BCUT2D eigenvalue weighted by Crippen LogP contribution is -2.42. The van der Waals surface area contributed by atoms with E-state index in [9.17, 15) is 14.7 Å². The number of carboxylic acid groups (broad SMARTS) is 1. The van der Waals surface area contributed by atoms with Crippen LogP contribution >= 0.6 is 0 Å². The SMILES string of the molecule is NC(=O)CCC(N)C(=O)[O-]. The molecule has 0 saturated heterocycles. The first-order chi connectivity index (χ1) is 4.54. The largest absolute Gasteiger partial charge is 0.548 e. The minimum absolute atomic E-state index is 0.0187. The molecule has 0 rings (SSSR count). The normalized spacial score (nSPS) is 12.5. The molecule has 0 aromatic rings. The molecular formula is C5H9N2O3-. The van der Waals surface area contributed by atoms with Gasteiger partial charge in [0, 0.05) is 12.5 Å². The van der Waals surface area contributed by atoms with E-state index in [-0.39, 0.29) is 12.8 Å². The molecule has 58 valence electrons. The predicted molar refractivity (Wildman–Crippen MR) is 31.4 cm³/mol. The topological polar surface area (TPSA) is 109 Å². The molecule has 0 aliphatic carbocycles. The first-order valence-electron chi connectivity index (χ1n) is 2.78. The highest BCUT2D eigenvalue weighted by atomic mass is 16.4. The molecule has 10 heavy (non-hydrogen) atoms. The molecule has 4 N–H and O–H groups in total. The fourth-order valence-electron chi connectivity index (χ4n) is 0.416. The number of nitrogens with two attached hydrogens (primary N) is 2. The number of carbonyl (C=O) groups excluding carboxylic acids is 2. The van der Waals surface area contributed by atoms with Gasteiger partial charge in [0.2, 0.25) is 5.91 Å². The third-order valence-corrected chi connectivity index (χ3v) is 1.00. The number of aliphatic carboxylic acids is 1. The lowest BCUT2D eigenvalue weighted by atomic mass is 10.2. The van der Waals surface area contributed by atoms with Gasteiger partial charge in [-0.05, 0) is 6.42 Å². The van der Waals surface area contributed by atoms with Crippen molar-refractivity contribution in [2.45, 2.75) is 18.9 Å². The van der Waals surface area contributed by atoms with Gasteiger partial charge in [-0.1, -0.05) is 0 Å². The van der Waals surface area contributed by atoms with E-state index in [2.05, 4.69) is 0 Å². The highest BCUT2D eigenvalue weighted by Gasteiger charge is 2.04. The van der Waals surface area contributed by atoms with Crippen LogP contribution in [-0.2, 0) is 9.59 Å². The molecule has 0 saturated carbocycles. The van der Waals surface area contributed by atoms with Crippen molar-refractivity contribution in [3.8, 4) is 0 Å². The molecule has 0 fully saturated rings. The number of carboxylic acids is 1. The summed E-state index contributed by atoms with van der Waals surface area (Å²) in [6, 6.07) is -1.09. The fourth-order valence-corrected chi connectivity index (χ4v) is 0.416. The van der Waals surface area contributed by atoms with Crippen LogP contribution in [0.1, 0.15) is 12.8 Å². The number of hydrogen-bond donors (Lipinski definition) is 2. The molecule has 0 spiro atoms. The Morgan fingerprint density at radius 2 is 2.00 bits per heavy atom. The smallest absolute Gasteiger partial charge is 0.217 e. The summed E-state index contributed by atoms with van der Waals surface area (Å²) in [7, 11) is 0. The van der Waals surface area contributed by atoms with Gasteiger partial charge in [0.1, 0.15) is 0 Å². The summed E-state index contributed by atoms with van der Waals surface area (Å²) in [5.74, 6) is -1.92. The van der Waals surface area contributed by atoms with Gasteiger partial charge >= 0.3 is 0 Å². The molecular weight excluding hydrogens is 136 g/mol. The zero-order chi connectivity index (χ0) is 8.15. The highest BCUT2D eigenvalue weighted by molar-refractivity contribution is 5.76. The van der Waals surface area contributed by atoms with Crippen LogP contribution in [0.3, 0.4) is 0 Å². The van der Waals surface area contributed by atoms with Crippen LogP contribution < -0.4 is 16.6 Å². The Morgan fingerprint density at radius 3 is 2.30 bits per heavy atom. The van der Waals surface area contributed by atoms with E-state index in [4.69, 9.17) is 11.5 Å². The van der Waals surface area contributed by atoms with Crippen LogP contribution in [0.15, 0.2) is 0 Å². The lowest BCUT2D eigenvalue weighted by Gasteiger charge is -2.09. The number of amides is 1. The molecule has 1 unspecified atom stereocenters. The molecule has 1 atom stereocenters. The second kappa shape index (κ2) is 3.84. The van der Waals surface area contributed by atoms with Gasteiger partial charge in [0.25, 0.3) is 0 Å². The third kappa shape index (κ3) is 3.85. The van der Waals surface area contributed by atoms with Gasteiger partial charge in [-0.25, -0.2) is 0 Å². The Hall–Kier alpha value is -1.10. The minimum atomic E-state index is -1.36. The van der Waals surface area contributed by atoms with Crippen molar-refractivity contribution in [1.29, 1.82) is 0 Å². The molecule has 0 heterocycles. The summed E-state index contributed by atoms with van der Waals surface area (Å²) >= 11 is 0. The molecule has 5 nitrogen and oxygen atoms in total. The van der Waals surface area contributed by atoms with Crippen molar-refractivity contribution in [2.75, 3.05) is 0 Å². The van der Waals surface area contributed by atoms with E-state index in [1.807, 2.05) is 0 Å². The molecule has 0 aromatic carbocycles. The maximum atomic E-state index is 10.1. The van der Waals surface area contributed by atoms with Crippen molar-refractivity contribution in [2.24, 2.45) is 11.5 Å². The average Bonchev–Trinajstić information content (AvgIpc) is 1.82. The van der Waals surface area contributed by atoms with Crippen LogP contribution in [0.5, 0.6) is 0 Å². The lowest BCUT2D eigenvalue weighted by molar-refractivity contribution is -0.307. The van der Waals surface area contributed by atoms with Gasteiger partial charge in [-0.15, -0.1) is 0 Å². The van der Waals surface area contributed by atoms with Crippen molar-refractivity contribution < 1.29 is 14.7 Å². The highest BCUT2D eigenvalue weighted by Crippen LogP contribution is 1.90. The zero-order valence-electron chi connectivity index (χ0n) is 5.37. The maximum Gasteiger partial charge on any atom is 0.217 e. The Bertz CT molecular complexity index is 146. The van der Waals surface area contributed by atoms with E-state index in [1.54, 1.807) is 0 Å². The number of rotatable bonds is 4. The van der Waals surface area contributed by atoms with Crippen molar-refractivity contribution in [3.63, 3.8) is 0 Å². The van der Waals surface area contributed by atoms with Crippen molar-refractivity contribution in [3.05, 3.63) is 0 Å². The second-order valence-electron chi connectivity index (χ2n) is 1.93. The first-order valence-corrected chi connectivity index (χ1v) is 2.78. The Labute approximate surface area is 58.0 Å². The maximum absolute atomic E-state index is 10.1. The number of carbonyl (C=O) groups is 2. The summed E-state index contributed by atoms with van der Waals surface area (Å²) in [6.07, 6.45) is 0.0206. The molecule has 0 radical (unpaired) electrons. The van der Waals surface area contributed by atoms with Crippen LogP contribution in [-0.4, -0.2) is 17.9 Å². The summed E-state index contributed by atoms with van der Waals surface area (Å²) in [5, 5.41) is 9.92. The fraction of sp³-hybridized carbons (Fsp3) is 0.600.